The summed E-state index contributed by atoms with van der Waals surface area (Å²) in [5, 5.41) is 15.1. The van der Waals surface area contributed by atoms with Crippen LogP contribution in [0.3, 0.4) is 0 Å². The summed E-state index contributed by atoms with van der Waals surface area (Å²) in [6.07, 6.45) is 0. The van der Waals surface area contributed by atoms with E-state index in [0.29, 0.717) is 16.5 Å². The number of hydrogen-bond acceptors (Lipinski definition) is 5. The van der Waals surface area contributed by atoms with Gasteiger partial charge in [0.15, 0.2) is 5.82 Å². The summed E-state index contributed by atoms with van der Waals surface area (Å²) in [5.74, 6) is 0.0473. The molecule has 0 atom stereocenters. The summed E-state index contributed by atoms with van der Waals surface area (Å²) >= 11 is 1.14. The molecule has 0 fully saturated rings. The molecule has 0 spiro atoms. The largest absolute Gasteiger partial charge is 0.320 e. The summed E-state index contributed by atoms with van der Waals surface area (Å²) < 4.78 is 14.7. The molecule has 0 aliphatic rings. The van der Waals surface area contributed by atoms with E-state index in [-0.39, 0.29) is 10.9 Å². The first-order valence-corrected chi connectivity index (χ1v) is 7.15. The molecule has 0 aliphatic carbocycles. The molecule has 8 heteroatoms. The summed E-state index contributed by atoms with van der Waals surface area (Å²) in [6, 6.07) is 5.70. The maximum absolute atomic E-state index is 13.1. The van der Waals surface area contributed by atoms with Crippen LogP contribution in [0, 0.1) is 5.82 Å². The van der Waals surface area contributed by atoms with Crippen LogP contribution >= 0.6 is 11.3 Å². The highest BCUT2D eigenvalue weighted by atomic mass is 32.1. The van der Waals surface area contributed by atoms with Gasteiger partial charge in [-0.15, -0.1) is 15.3 Å². The van der Waals surface area contributed by atoms with Crippen LogP contribution in [0.2, 0.25) is 0 Å². The lowest BCUT2D eigenvalue weighted by atomic mass is 10.2. The van der Waals surface area contributed by atoms with Crippen LogP contribution in [0.5, 0.6) is 0 Å². The number of anilines is 1. The topological polar surface area (TPSA) is 72.2 Å². The second kappa shape index (κ2) is 5.21. The molecule has 0 bridgehead atoms. The van der Waals surface area contributed by atoms with Gasteiger partial charge in [0.25, 0.3) is 5.91 Å². The van der Waals surface area contributed by atoms with Crippen LogP contribution in [-0.2, 0) is 0 Å². The normalized spacial score (nSPS) is 11.2. The zero-order valence-electron chi connectivity index (χ0n) is 11.4. The highest BCUT2D eigenvalue weighted by Gasteiger charge is 2.18. The van der Waals surface area contributed by atoms with Gasteiger partial charge in [-0.2, -0.15) is 4.52 Å². The van der Waals surface area contributed by atoms with E-state index in [1.807, 2.05) is 13.8 Å². The maximum Gasteiger partial charge on any atom is 0.286 e. The van der Waals surface area contributed by atoms with E-state index < -0.39 is 11.7 Å². The minimum atomic E-state index is -0.409. The summed E-state index contributed by atoms with van der Waals surface area (Å²) in [4.78, 5) is 12.7. The second-order valence-corrected chi connectivity index (χ2v) is 5.73. The third kappa shape index (κ3) is 2.62. The van der Waals surface area contributed by atoms with Crippen molar-refractivity contribution in [1.29, 1.82) is 0 Å². The molecule has 2 heterocycles. The van der Waals surface area contributed by atoms with Crippen LogP contribution < -0.4 is 5.32 Å². The first kappa shape index (κ1) is 13.6. The van der Waals surface area contributed by atoms with Gasteiger partial charge in [0.1, 0.15) is 5.82 Å². The molecule has 108 valence electrons. The Hall–Kier alpha value is -2.35. The number of hydrogen-bond donors (Lipinski definition) is 1. The molecule has 0 unspecified atom stereocenters. The van der Waals surface area contributed by atoms with E-state index in [1.54, 1.807) is 10.6 Å². The first-order chi connectivity index (χ1) is 10.0. The predicted octanol–water partition coefficient (Wildman–Crippen LogP) is 2.70. The summed E-state index contributed by atoms with van der Waals surface area (Å²) in [5.41, 5.74) is 0.384. The van der Waals surface area contributed by atoms with Gasteiger partial charge < -0.3 is 5.32 Å². The van der Waals surface area contributed by atoms with Gasteiger partial charge in [0.2, 0.25) is 9.97 Å². The number of carbonyl (C=O) groups is 1. The van der Waals surface area contributed by atoms with Crippen LogP contribution in [0.25, 0.3) is 4.96 Å². The molecular formula is C13H12FN5OS. The zero-order valence-corrected chi connectivity index (χ0v) is 12.2. The third-order valence-corrected chi connectivity index (χ3v) is 3.71. The Balaban J connectivity index is 1.88. The Morgan fingerprint density at radius 1 is 1.38 bits per heavy atom. The number of benzene rings is 1. The smallest absolute Gasteiger partial charge is 0.286 e. The lowest BCUT2D eigenvalue weighted by Crippen LogP contribution is -2.12. The van der Waals surface area contributed by atoms with E-state index in [0.717, 1.165) is 11.3 Å². The van der Waals surface area contributed by atoms with Gasteiger partial charge in [-0.1, -0.05) is 31.3 Å². The number of aromatic nitrogens is 4. The minimum absolute atomic E-state index is 0.154. The minimum Gasteiger partial charge on any atom is -0.320 e. The van der Waals surface area contributed by atoms with Gasteiger partial charge in [-0.3, -0.25) is 4.79 Å². The Morgan fingerprint density at radius 2 is 2.19 bits per heavy atom. The molecule has 3 aromatic rings. The second-order valence-electron chi connectivity index (χ2n) is 4.78. The number of nitrogens with one attached hydrogen (secondary N) is 1. The molecule has 21 heavy (non-hydrogen) atoms. The average Bonchev–Trinajstić information content (AvgIpc) is 2.97. The van der Waals surface area contributed by atoms with E-state index in [4.69, 9.17) is 0 Å². The van der Waals surface area contributed by atoms with Crippen LogP contribution in [0.15, 0.2) is 24.3 Å². The summed E-state index contributed by atoms with van der Waals surface area (Å²) in [6.45, 7) is 3.95. The number of amides is 1. The van der Waals surface area contributed by atoms with Crippen molar-refractivity contribution < 1.29 is 9.18 Å². The quantitative estimate of drug-likeness (QED) is 0.807. The molecule has 0 radical (unpaired) electrons. The number of nitrogens with zero attached hydrogens (tertiary/aromatic N) is 4. The van der Waals surface area contributed by atoms with Crippen molar-refractivity contribution in [3.05, 3.63) is 40.9 Å². The number of carbonyl (C=O) groups excluding carboxylic acids is 1. The van der Waals surface area contributed by atoms with Crippen molar-refractivity contribution in [3.63, 3.8) is 0 Å². The SMILES string of the molecule is CC(C)c1nnc2sc(C(=O)Nc3cccc(F)c3)nn12. The van der Waals surface area contributed by atoms with Crippen molar-refractivity contribution in [1.82, 2.24) is 19.8 Å². The molecule has 0 aliphatic heterocycles. The molecule has 1 aromatic carbocycles. The number of fused-ring (bicyclic) bond motifs is 1. The van der Waals surface area contributed by atoms with E-state index in [1.165, 1.54) is 18.2 Å². The Labute approximate surface area is 123 Å². The molecule has 3 rings (SSSR count). The standard InChI is InChI=1S/C13H12FN5OS/c1-7(2)10-16-17-13-19(10)18-12(21-13)11(20)15-9-5-3-4-8(14)6-9/h3-7H,1-2H3,(H,15,20). The lowest BCUT2D eigenvalue weighted by molar-refractivity contribution is 0.102. The van der Waals surface area contributed by atoms with Crippen LogP contribution in [0.4, 0.5) is 10.1 Å². The highest BCUT2D eigenvalue weighted by Crippen LogP contribution is 2.19. The molecule has 0 saturated carbocycles. The van der Waals surface area contributed by atoms with Crippen molar-refractivity contribution in [3.8, 4) is 0 Å². The van der Waals surface area contributed by atoms with Gasteiger partial charge in [0.05, 0.1) is 0 Å². The maximum atomic E-state index is 13.1. The van der Waals surface area contributed by atoms with Gasteiger partial charge in [-0.05, 0) is 18.2 Å². The zero-order chi connectivity index (χ0) is 15.0. The number of rotatable bonds is 3. The third-order valence-electron chi connectivity index (χ3n) is 2.81. The molecule has 6 nitrogen and oxygen atoms in total. The summed E-state index contributed by atoms with van der Waals surface area (Å²) in [7, 11) is 0. The molecule has 1 amide bonds. The van der Waals surface area contributed by atoms with Crippen molar-refractivity contribution in [2.45, 2.75) is 19.8 Å². The van der Waals surface area contributed by atoms with Gasteiger partial charge in [-0.25, -0.2) is 4.39 Å². The monoisotopic (exact) mass is 305 g/mol. The van der Waals surface area contributed by atoms with Crippen molar-refractivity contribution in [2.75, 3.05) is 5.32 Å². The lowest BCUT2D eigenvalue weighted by Gasteiger charge is -2.02. The Kier molecular flexibility index (Phi) is 3.38. The molecular weight excluding hydrogens is 293 g/mol. The van der Waals surface area contributed by atoms with Crippen molar-refractivity contribution >= 4 is 27.9 Å². The Morgan fingerprint density at radius 3 is 2.90 bits per heavy atom. The van der Waals surface area contributed by atoms with E-state index in [2.05, 4.69) is 20.6 Å². The number of halogens is 1. The van der Waals surface area contributed by atoms with E-state index >= 15 is 0 Å². The molecule has 1 N–H and O–H groups in total. The van der Waals surface area contributed by atoms with Crippen LogP contribution in [0.1, 0.15) is 35.4 Å². The average molecular weight is 305 g/mol. The van der Waals surface area contributed by atoms with E-state index in [9.17, 15) is 9.18 Å². The van der Waals surface area contributed by atoms with Gasteiger partial charge >= 0.3 is 0 Å². The molecule has 2 aromatic heterocycles. The fourth-order valence-corrected chi connectivity index (χ4v) is 2.58. The molecule has 0 saturated heterocycles. The van der Waals surface area contributed by atoms with Crippen LogP contribution in [-0.4, -0.2) is 25.7 Å². The fourth-order valence-electron chi connectivity index (χ4n) is 1.83. The Bertz CT molecular complexity index is 810. The first-order valence-electron chi connectivity index (χ1n) is 6.33. The van der Waals surface area contributed by atoms with Gasteiger partial charge in [0, 0.05) is 11.6 Å². The highest BCUT2D eigenvalue weighted by molar-refractivity contribution is 7.18. The fraction of sp³-hybridized carbons (Fsp3) is 0.231. The van der Waals surface area contributed by atoms with Crippen molar-refractivity contribution in [2.24, 2.45) is 0 Å². The predicted molar refractivity (Wildman–Crippen MR) is 77.1 cm³/mol.